The highest BCUT2D eigenvalue weighted by Crippen LogP contribution is 2.22. The van der Waals surface area contributed by atoms with Gasteiger partial charge in [0.15, 0.2) is 0 Å². The molecular formula is C8H15O2. The number of rotatable bonds is 2. The number of ether oxygens (including phenoxy) is 2. The third-order valence-electron chi connectivity index (χ3n) is 1.77. The molecule has 0 amide bonds. The topological polar surface area (TPSA) is 18.5 Å². The van der Waals surface area contributed by atoms with Crippen LogP contribution in [0.1, 0.15) is 26.7 Å². The standard InChI is InChI=1S/C8H15O2/c1-3-7-8(4-2)10-6-5-9-7/h7H,3-6H2,1-2H3. The molecule has 0 spiro atoms. The van der Waals surface area contributed by atoms with Crippen LogP contribution in [0.3, 0.4) is 0 Å². The Morgan fingerprint density at radius 2 is 2.20 bits per heavy atom. The maximum absolute atomic E-state index is 5.47. The quantitative estimate of drug-likeness (QED) is 0.586. The molecule has 1 heterocycles. The first-order chi connectivity index (χ1) is 4.88. The predicted octanol–water partition coefficient (Wildman–Crippen LogP) is 1.75. The molecule has 0 bridgehead atoms. The van der Waals surface area contributed by atoms with Gasteiger partial charge in [-0.2, -0.15) is 0 Å². The zero-order valence-corrected chi connectivity index (χ0v) is 6.72. The summed E-state index contributed by atoms with van der Waals surface area (Å²) in [5.41, 5.74) is 0. The molecule has 0 saturated carbocycles. The zero-order chi connectivity index (χ0) is 7.40. The smallest absolute Gasteiger partial charge is 0.125 e. The van der Waals surface area contributed by atoms with Gasteiger partial charge in [0.1, 0.15) is 6.10 Å². The minimum absolute atomic E-state index is 0.263. The van der Waals surface area contributed by atoms with E-state index < -0.39 is 0 Å². The van der Waals surface area contributed by atoms with Gasteiger partial charge < -0.3 is 9.47 Å². The average molecular weight is 143 g/mol. The van der Waals surface area contributed by atoms with E-state index in [9.17, 15) is 0 Å². The molecule has 1 rings (SSSR count). The first-order valence-corrected chi connectivity index (χ1v) is 3.98. The molecule has 2 nitrogen and oxygen atoms in total. The Balaban J connectivity index is 2.34. The lowest BCUT2D eigenvalue weighted by atomic mass is 10.1. The van der Waals surface area contributed by atoms with Gasteiger partial charge in [0.2, 0.25) is 0 Å². The third-order valence-corrected chi connectivity index (χ3v) is 1.77. The van der Waals surface area contributed by atoms with E-state index in [1.807, 2.05) is 0 Å². The van der Waals surface area contributed by atoms with Crippen molar-refractivity contribution in [3.05, 3.63) is 6.10 Å². The number of hydrogen-bond donors (Lipinski definition) is 0. The van der Waals surface area contributed by atoms with E-state index in [-0.39, 0.29) is 6.10 Å². The summed E-state index contributed by atoms with van der Waals surface area (Å²) >= 11 is 0. The van der Waals surface area contributed by atoms with Gasteiger partial charge in [0, 0.05) is 0 Å². The molecular weight excluding hydrogens is 128 g/mol. The molecule has 0 aromatic rings. The summed E-state index contributed by atoms with van der Waals surface area (Å²) in [7, 11) is 0. The predicted molar refractivity (Wildman–Crippen MR) is 39.5 cm³/mol. The Kier molecular flexibility index (Phi) is 3.16. The van der Waals surface area contributed by atoms with Crippen molar-refractivity contribution in [1.29, 1.82) is 0 Å². The maximum Gasteiger partial charge on any atom is 0.125 e. The molecule has 0 aliphatic carbocycles. The van der Waals surface area contributed by atoms with Crippen LogP contribution in [-0.2, 0) is 9.47 Å². The van der Waals surface area contributed by atoms with Crippen LogP contribution >= 0.6 is 0 Å². The Morgan fingerprint density at radius 1 is 1.40 bits per heavy atom. The summed E-state index contributed by atoms with van der Waals surface area (Å²) in [6.45, 7) is 5.71. The first-order valence-electron chi connectivity index (χ1n) is 3.98. The van der Waals surface area contributed by atoms with Crippen LogP contribution in [0.5, 0.6) is 0 Å². The lowest BCUT2D eigenvalue weighted by Crippen LogP contribution is -2.31. The fourth-order valence-electron chi connectivity index (χ4n) is 1.22. The molecule has 1 aliphatic heterocycles. The van der Waals surface area contributed by atoms with Crippen molar-refractivity contribution >= 4 is 0 Å². The highest BCUT2D eigenvalue weighted by molar-refractivity contribution is 4.88. The van der Waals surface area contributed by atoms with Crippen molar-refractivity contribution in [1.82, 2.24) is 0 Å². The van der Waals surface area contributed by atoms with Gasteiger partial charge in [-0.15, -0.1) is 0 Å². The largest absolute Gasteiger partial charge is 0.373 e. The van der Waals surface area contributed by atoms with E-state index in [0.29, 0.717) is 0 Å². The summed E-state index contributed by atoms with van der Waals surface area (Å²) in [6, 6.07) is 0. The van der Waals surface area contributed by atoms with Crippen LogP contribution in [-0.4, -0.2) is 19.3 Å². The summed E-state index contributed by atoms with van der Waals surface area (Å²) in [5, 5.41) is 0. The van der Waals surface area contributed by atoms with Crippen molar-refractivity contribution in [3.8, 4) is 0 Å². The van der Waals surface area contributed by atoms with Crippen molar-refractivity contribution in [2.45, 2.75) is 32.8 Å². The lowest BCUT2D eigenvalue weighted by Gasteiger charge is -2.29. The van der Waals surface area contributed by atoms with Gasteiger partial charge in [-0.3, -0.25) is 0 Å². The van der Waals surface area contributed by atoms with E-state index in [1.54, 1.807) is 0 Å². The molecule has 10 heavy (non-hydrogen) atoms. The lowest BCUT2D eigenvalue weighted by molar-refractivity contribution is -0.0854. The Morgan fingerprint density at radius 3 is 2.70 bits per heavy atom. The maximum atomic E-state index is 5.47. The van der Waals surface area contributed by atoms with E-state index in [4.69, 9.17) is 9.47 Å². The van der Waals surface area contributed by atoms with Gasteiger partial charge >= 0.3 is 0 Å². The molecule has 1 radical (unpaired) electrons. The molecule has 59 valence electrons. The SMILES string of the molecule is CC[C]1OCCOC1CC. The molecule has 1 aliphatic rings. The minimum Gasteiger partial charge on any atom is -0.373 e. The third kappa shape index (κ3) is 1.70. The number of hydrogen-bond acceptors (Lipinski definition) is 2. The summed E-state index contributed by atoms with van der Waals surface area (Å²) in [4.78, 5) is 0. The monoisotopic (exact) mass is 143 g/mol. The van der Waals surface area contributed by atoms with Crippen molar-refractivity contribution in [2.75, 3.05) is 13.2 Å². The second-order valence-electron chi connectivity index (χ2n) is 2.44. The van der Waals surface area contributed by atoms with Crippen LogP contribution in [0.2, 0.25) is 0 Å². The molecule has 1 unspecified atom stereocenters. The molecule has 0 aromatic carbocycles. The fraction of sp³-hybridized carbons (Fsp3) is 0.875. The van der Waals surface area contributed by atoms with Crippen LogP contribution in [0, 0.1) is 6.10 Å². The molecule has 2 heteroatoms. The van der Waals surface area contributed by atoms with Gasteiger partial charge in [-0.05, 0) is 12.8 Å². The Bertz CT molecular complexity index is 81.3. The second kappa shape index (κ2) is 3.94. The molecule has 0 aromatic heterocycles. The van der Waals surface area contributed by atoms with Gasteiger partial charge in [-0.25, -0.2) is 0 Å². The van der Waals surface area contributed by atoms with Crippen LogP contribution in [0.4, 0.5) is 0 Å². The van der Waals surface area contributed by atoms with E-state index in [0.717, 1.165) is 32.2 Å². The summed E-state index contributed by atoms with van der Waals surface area (Å²) in [6.07, 6.45) is 3.40. The molecule has 1 fully saturated rings. The normalized spacial score (nSPS) is 28.8. The van der Waals surface area contributed by atoms with E-state index in [1.165, 1.54) is 0 Å². The van der Waals surface area contributed by atoms with E-state index >= 15 is 0 Å². The first kappa shape index (κ1) is 8.02. The van der Waals surface area contributed by atoms with Crippen LogP contribution in [0.25, 0.3) is 0 Å². The molecule has 0 N–H and O–H groups in total. The van der Waals surface area contributed by atoms with Crippen LogP contribution < -0.4 is 0 Å². The Labute approximate surface area is 62.5 Å². The van der Waals surface area contributed by atoms with Crippen molar-refractivity contribution < 1.29 is 9.47 Å². The molecule has 1 saturated heterocycles. The second-order valence-corrected chi connectivity index (χ2v) is 2.44. The van der Waals surface area contributed by atoms with Gasteiger partial charge in [-0.1, -0.05) is 13.8 Å². The molecule has 1 atom stereocenters. The highest BCUT2D eigenvalue weighted by Gasteiger charge is 2.24. The Hall–Kier alpha value is -0.0800. The van der Waals surface area contributed by atoms with Gasteiger partial charge in [0.25, 0.3) is 0 Å². The highest BCUT2D eigenvalue weighted by atomic mass is 16.6. The summed E-state index contributed by atoms with van der Waals surface area (Å²) in [5.74, 6) is 0. The minimum atomic E-state index is 0.263. The van der Waals surface area contributed by atoms with Crippen molar-refractivity contribution in [3.63, 3.8) is 0 Å². The summed E-state index contributed by atoms with van der Waals surface area (Å²) < 4.78 is 10.9. The average Bonchev–Trinajstić information content (AvgIpc) is 2.04. The van der Waals surface area contributed by atoms with Gasteiger partial charge in [0.05, 0.1) is 19.3 Å². The van der Waals surface area contributed by atoms with Crippen LogP contribution in [0.15, 0.2) is 0 Å². The zero-order valence-electron chi connectivity index (χ0n) is 6.72. The fourth-order valence-corrected chi connectivity index (χ4v) is 1.22. The van der Waals surface area contributed by atoms with E-state index in [2.05, 4.69) is 13.8 Å². The van der Waals surface area contributed by atoms with Crippen molar-refractivity contribution in [2.24, 2.45) is 0 Å².